The van der Waals surface area contributed by atoms with E-state index in [0.29, 0.717) is 31.9 Å². The van der Waals surface area contributed by atoms with Crippen molar-refractivity contribution in [1.29, 1.82) is 10.5 Å². The molecule has 35 heavy (non-hydrogen) atoms. The number of anilines is 1. The lowest BCUT2D eigenvalue weighted by atomic mass is 9.96. The quantitative estimate of drug-likeness (QED) is 0.237. The number of rotatable bonds is 6. The van der Waals surface area contributed by atoms with Crippen molar-refractivity contribution in [3.63, 3.8) is 0 Å². The highest BCUT2D eigenvalue weighted by atomic mass is 79.9. The number of ether oxygens (including phenoxy) is 1. The van der Waals surface area contributed by atoms with E-state index in [4.69, 9.17) is 27.9 Å². The summed E-state index contributed by atoms with van der Waals surface area (Å²) in [6, 6.07) is 14.6. The Morgan fingerprint density at radius 1 is 1.17 bits per heavy atom. The first-order valence-electron chi connectivity index (χ1n) is 10.7. The zero-order valence-electron chi connectivity index (χ0n) is 18.3. The summed E-state index contributed by atoms with van der Waals surface area (Å²) in [6.07, 6.45) is 5.31. The number of nitrogens with one attached hydrogen (secondary N) is 1. The summed E-state index contributed by atoms with van der Waals surface area (Å²) in [4.78, 5) is 14.1. The van der Waals surface area contributed by atoms with Gasteiger partial charge in [0.1, 0.15) is 35.1 Å². The van der Waals surface area contributed by atoms with Crippen molar-refractivity contribution >= 4 is 67.5 Å². The monoisotopic (exact) mass is 585 g/mol. The van der Waals surface area contributed by atoms with E-state index >= 15 is 0 Å². The third kappa shape index (κ3) is 5.89. The van der Waals surface area contributed by atoms with Crippen molar-refractivity contribution < 1.29 is 9.53 Å². The predicted octanol–water partition coefficient (Wildman–Crippen LogP) is 7.69. The number of carbonyl (C=O) groups is 1. The topological polar surface area (TPSA) is 85.9 Å². The van der Waals surface area contributed by atoms with Crippen LogP contribution in [0.15, 0.2) is 46.4 Å². The van der Waals surface area contributed by atoms with Crippen molar-refractivity contribution in [2.45, 2.75) is 32.3 Å². The largest absolute Gasteiger partial charge is 0.488 e. The number of benzene rings is 2. The first kappa shape index (κ1) is 25.3. The van der Waals surface area contributed by atoms with E-state index in [1.165, 1.54) is 17.4 Å². The Morgan fingerprint density at radius 2 is 1.97 bits per heavy atom. The highest BCUT2D eigenvalue weighted by molar-refractivity contribution is 9.10. The van der Waals surface area contributed by atoms with Gasteiger partial charge in [0.05, 0.1) is 5.56 Å². The van der Waals surface area contributed by atoms with Gasteiger partial charge in [-0.15, -0.1) is 11.3 Å². The van der Waals surface area contributed by atoms with Gasteiger partial charge in [0.25, 0.3) is 5.91 Å². The molecule has 176 valence electrons. The minimum atomic E-state index is -0.575. The molecule has 0 spiro atoms. The summed E-state index contributed by atoms with van der Waals surface area (Å²) in [6.45, 7) is 0.179. The number of nitriles is 2. The minimum Gasteiger partial charge on any atom is -0.488 e. The number of nitrogens with zero attached hydrogens (tertiary/aromatic N) is 2. The predicted molar refractivity (Wildman–Crippen MR) is 143 cm³/mol. The molecule has 0 aliphatic heterocycles. The molecule has 1 heterocycles. The molecular formula is C26H18BrCl2N3O2S. The normalized spacial score (nSPS) is 12.9. The van der Waals surface area contributed by atoms with E-state index in [2.05, 4.69) is 27.3 Å². The smallest absolute Gasteiger partial charge is 0.266 e. The average Bonchev–Trinajstić information content (AvgIpc) is 3.19. The van der Waals surface area contributed by atoms with E-state index < -0.39 is 5.91 Å². The molecule has 2 aromatic carbocycles. The van der Waals surface area contributed by atoms with Crippen molar-refractivity contribution in [2.24, 2.45) is 0 Å². The van der Waals surface area contributed by atoms with Gasteiger partial charge in [-0.25, -0.2) is 0 Å². The molecule has 1 aliphatic rings. The summed E-state index contributed by atoms with van der Waals surface area (Å²) in [5.74, 6) is -0.0988. The van der Waals surface area contributed by atoms with Crippen molar-refractivity contribution in [3.8, 4) is 17.9 Å². The molecule has 1 N–H and O–H groups in total. The zero-order chi connectivity index (χ0) is 24.9. The van der Waals surface area contributed by atoms with Crippen LogP contribution in [0.1, 0.15) is 40.0 Å². The number of carbonyl (C=O) groups excluding carboxylic acids is 1. The number of hydrogen-bond acceptors (Lipinski definition) is 5. The fraction of sp³-hybridized carbons (Fsp3) is 0.192. The van der Waals surface area contributed by atoms with Gasteiger partial charge >= 0.3 is 0 Å². The molecule has 0 unspecified atom stereocenters. The number of hydrogen-bond donors (Lipinski definition) is 1. The van der Waals surface area contributed by atoms with Gasteiger partial charge in [-0.05, 0) is 67.7 Å². The maximum Gasteiger partial charge on any atom is 0.266 e. The SMILES string of the molecule is N#C/C(=C\c1cc(Br)ccc1OCc1ccc(Cl)cc1Cl)C(=O)Nc1sc2c(c1C#N)CCCC2. The van der Waals surface area contributed by atoms with Crippen LogP contribution in [0, 0.1) is 22.7 Å². The summed E-state index contributed by atoms with van der Waals surface area (Å²) in [7, 11) is 0. The van der Waals surface area contributed by atoms with Crippen LogP contribution in [-0.2, 0) is 24.2 Å². The number of fused-ring (bicyclic) bond motifs is 1. The van der Waals surface area contributed by atoms with Gasteiger partial charge in [0.2, 0.25) is 0 Å². The van der Waals surface area contributed by atoms with Gasteiger partial charge < -0.3 is 10.1 Å². The number of halogens is 3. The molecule has 0 saturated heterocycles. The molecule has 1 aliphatic carbocycles. The highest BCUT2D eigenvalue weighted by Gasteiger charge is 2.23. The Labute approximate surface area is 225 Å². The Bertz CT molecular complexity index is 1420. The second-order valence-electron chi connectivity index (χ2n) is 7.86. The van der Waals surface area contributed by atoms with Crippen LogP contribution in [0.5, 0.6) is 5.75 Å². The van der Waals surface area contributed by atoms with E-state index in [1.54, 1.807) is 36.4 Å². The maximum absolute atomic E-state index is 13.0. The molecule has 0 saturated carbocycles. The zero-order valence-corrected chi connectivity index (χ0v) is 22.2. The van der Waals surface area contributed by atoms with E-state index in [-0.39, 0.29) is 12.2 Å². The molecule has 9 heteroatoms. The average molecular weight is 587 g/mol. The summed E-state index contributed by atoms with van der Waals surface area (Å²) in [5.41, 5.74) is 2.71. The third-order valence-corrected chi connectivity index (χ3v) is 7.83. The second-order valence-corrected chi connectivity index (χ2v) is 10.7. The molecule has 0 radical (unpaired) electrons. The Hall–Kier alpha value is -2.81. The van der Waals surface area contributed by atoms with Gasteiger partial charge in [0.15, 0.2) is 0 Å². The number of aryl methyl sites for hydroxylation is 1. The van der Waals surface area contributed by atoms with Crippen LogP contribution < -0.4 is 10.1 Å². The summed E-state index contributed by atoms with van der Waals surface area (Å²) in [5, 5.41) is 23.7. The molecule has 0 atom stereocenters. The molecule has 5 nitrogen and oxygen atoms in total. The Morgan fingerprint density at radius 3 is 2.71 bits per heavy atom. The van der Waals surface area contributed by atoms with Crippen LogP contribution in [0.25, 0.3) is 6.08 Å². The van der Waals surface area contributed by atoms with Crippen LogP contribution in [-0.4, -0.2) is 5.91 Å². The van der Waals surface area contributed by atoms with E-state index in [9.17, 15) is 15.3 Å². The molecule has 0 bridgehead atoms. The van der Waals surface area contributed by atoms with Crippen molar-refractivity contribution in [1.82, 2.24) is 0 Å². The first-order chi connectivity index (χ1) is 16.9. The molecule has 3 aromatic rings. The lowest BCUT2D eigenvalue weighted by molar-refractivity contribution is -0.112. The molecular weight excluding hydrogens is 569 g/mol. The van der Waals surface area contributed by atoms with Gasteiger partial charge in [0, 0.05) is 30.5 Å². The molecule has 1 aromatic heterocycles. The second kappa shape index (κ2) is 11.3. The maximum atomic E-state index is 13.0. The van der Waals surface area contributed by atoms with Gasteiger partial charge in [-0.3, -0.25) is 4.79 Å². The first-order valence-corrected chi connectivity index (χ1v) is 13.1. The Balaban J connectivity index is 1.58. The Kier molecular flexibility index (Phi) is 8.15. The minimum absolute atomic E-state index is 0.104. The summed E-state index contributed by atoms with van der Waals surface area (Å²) < 4.78 is 6.72. The number of amides is 1. The lowest BCUT2D eigenvalue weighted by Crippen LogP contribution is -2.13. The van der Waals surface area contributed by atoms with E-state index in [1.807, 2.05) is 6.07 Å². The fourth-order valence-electron chi connectivity index (χ4n) is 3.80. The molecule has 1 amide bonds. The third-order valence-electron chi connectivity index (χ3n) is 5.55. The van der Waals surface area contributed by atoms with Crippen LogP contribution in [0.4, 0.5) is 5.00 Å². The van der Waals surface area contributed by atoms with Crippen LogP contribution in [0.2, 0.25) is 10.0 Å². The van der Waals surface area contributed by atoms with Crippen LogP contribution in [0.3, 0.4) is 0 Å². The lowest BCUT2D eigenvalue weighted by Gasteiger charge is -2.12. The van der Waals surface area contributed by atoms with Crippen LogP contribution >= 0.6 is 50.5 Å². The molecule has 4 rings (SSSR count). The standard InChI is InChI=1S/C26H18BrCl2N3O2S/c27-18-6-8-23(34-14-15-5-7-19(28)11-22(15)29)16(10-18)9-17(12-30)25(33)32-26-21(13-31)20-3-1-2-4-24(20)35-26/h5-11H,1-4,14H2,(H,32,33)/b17-9+. The fourth-order valence-corrected chi connectivity index (χ4v) is 5.88. The van der Waals surface area contributed by atoms with Gasteiger partial charge in [-0.1, -0.05) is 45.2 Å². The van der Waals surface area contributed by atoms with Crippen molar-refractivity contribution in [2.75, 3.05) is 5.32 Å². The number of thiophene rings is 1. The van der Waals surface area contributed by atoms with Gasteiger partial charge in [-0.2, -0.15) is 10.5 Å². The van der Waals surface area contributed by atoms with Crippen molar-refractivity contribution in [3.05, 3.63) is 83.6 Å². The summed E-state index contributed by atoms with van der Waals surface area (Å²) >= 11 is 17.1. The van der Waals surface area contributed by atoms with E-state index in [0.717, 1.165) is 46.2 Å². The molecule has 0 fully saturated rings. The highest BCUT2D eigenvalue weighted by Crippen LogP contribution is 2.38.